The number of benzene rings is 4. The molecule has 0 saturated heterocycles. The summed E-state index contributed by atoms with van der Waals surface area (Å²) in [5, 5.41) is 36.0. The Kier molecular flexibility index (Phi) is 5.66. The van der Waals surface area contributed by atoms with Crippen LogP contribution in [0.1, 0.15) is 39.4 Å². The van der Waals surface area contributed by atoms with E-state index < -0.39 is 10.7 Å². The van der Waals surface area contributed by atoms with Gasteiger partial charge in [0, 0.05) is 42.6 Å². The summed E-state index contributed by atoms with van der Waals surface area (Å²) in [6, 6.07) is 16.2. The highest BCUT2D eigenvalue weighted by atomic mass is 16.6. The molecule has 0 fully saturated rings. The van der Waals surface area contributed by atoms with Crippen molar-refractivity contribution in [2.45, 2.75) is 31.7 Å². The molecular weight excluding hydrogens is 548 g/mol. The van der Waals surface area contributed by atoms with E-state index >= 15 is 0 Å². The van der Waals surface area contributed by atoms with Gasteiger partial charge in [0.05, 0.1) is 26.3 Å². The molecule has 43 heavy (non-hydrogen) atoms. The van der Waals surface area contributed by atoms with Crippen LogP contribution in [0.4, 0.5) is 0 Å². The molecule has 4 aromatic carbocycles. The van der Waals surface area contributed by atoms with Gasteiger partial charge in [-0.05, 0) is 59.5 Å². The third-order valence-corrected chi connectivity index (χ3v) is 9.05. The highest BCUT2D eigenvalue weighted by Crippen LogP contribution is 2.60. The Morgan fingerprint density at radius 2 is 1.67 bits per heavy atom. The van der Waals surface area contributed by atoms with Gasteiger partial charge in [0.25, 0.3) is 0 Å². The van der Waals surface area contributed by atoms with Crippen LogP contribution in [0.5, 0.6) is 51.7 Å². The number of hydrogen-bond donors (Lipinski definition) is 2. The molecule has 7 bridgehead atoms. The van der Waals surface area contributed by atoms with Gasteiger partial charge in [-0.25, -0.2) is 0 Å². The maximum atomic E-state index is 14.1. The largest absolute Gasteiger partial charge is 0.633 e. The van der Waals surface area contributed by atoms with E-state index in [0.29, 0.717) is 65.7 Å². The Bertz CT molecular complexity index is 1850. The van der Waals surface area contributed by atoms with E-state index in [4.69, 9.17) is 23.9 Å². The fourth-order valence-electron chi connectivity index (χ4n) is 6.77. The number of phenols is 2. The van der Waals surface area contributed by atoms with Gasteiger partial charge < -0.3 is 39.0 Å². The number of methoxy groups -OCH3 is 1. The molecule has 0 aliphatic carbocycles. The van der Waals surface area contributed by atoms with E-state index in [0.717, 1.165) is 34.4 Å². The summed E-state index contributed by atoms with van der Waals surface area (Å²) in [5.74, 6) is 2.86. The number of hydrogen-bond acceptors (Lipinski definition) is 8. The lowest BCUT2D eigenvalue weighted by atomic mass is 9.86. The van der Waals surface area contributed by atoms with Crippen molar-refractivity contribution in [3.8, 4) is 51.7 Å². The number of phenolic OH excluding ortho intramolecular Hbond substituents is 2. The average molecular weight is 579 g/mol. The maximum Gasteiger partial charge on any atom is 0.216 e. The molecule has 5 aliphatic heterocycles. The van der Waals surface area contributed by atoms with Crippen molar-refractivity contribution < 1.29 is 33.8 Å². The second kappa shape index (κ2) is 9.39. The van der Waals surface area contributed by atoms with E-state index in [2.05, 4.69) is 0 Å². The number of aromatic hydroxyl groups is 2. The zero-order valence-electron chi connectivity index (χ0n) is 23.8. The predicted octanol–water partition coefficient (Wildman–Crippen LogP) is 6.48. The van der Waals surface area contributed by atoms with E-state index in [-0.39, 0.29) is 29.5 Å². The standard InChI is InChI=1S/C34H30N2O7/c1-36(39)12-10-22-30-25(36)14-18-3-6-21(7-4-18)41-27-15-19(5-8-26(27)37)13-24-23-17-29-28(16-20(23)9-11-35-24)43-34(32(30)42-29)33(40-2)31(22)38/h3-8,15-17,25,37-38H,9-14H2,1-2H3/t25-,36?/m0/s1. The quantitative estimate of drug-likeness (QED) is 0.173. The molecule has 218 valence electrons. The van der Waals surface area contributed by atoms with Crippen LogP contribution in [0.15, 0.2) is 59.6 Å². The Hall–Kier alpha value is -4.73. The van der Waals surface area contributed by atoms with Gasteiger partial charge >= 0.3 is 0 Å². The Balaban J connectivity index is 1.36. The zero-order valence-corrected chi connectivity index (χ0v) is 23.8. The van der Waals surface area contributed by atoms with Crippen LogP contribution < -0.4 is 18.9 Å². The number of hydroxylamine groups is 3. The first-order valence-electron chi connectivity index (χ1n) is 14.5. The predicted molar refractivity (Wildman–Crippen MR) is 159 cm³/mol. The van der Waals surface area contributed by atoms with Crippen molar-refractivity contribution in [2.24, 2.45) is 4.99 Å². The minimum atomic E-state index is -0.583. The number of aliphatic imine (C=N–C) groups is 1. The van der Waals surface area contributed by atoms with Crippen LogP contribution in [0, 0.1) is 5.21 Å². The van der Waals surface area contributed by atoms with E-state index in [9.17, 15) is 15.4 Å². The summed E-state index contributed by atoms with van der Waals surface area (Å²) in [7, 11) is 3.16. The van der Waals surface area contributed by atoms with Gasteiger partial charge in [0.2, 0.25) is 11.5 Å². The SMILES string of the molecule is COc1c(O)c2c3c4c1Oc1cc5c(cc1O4)C(=NCC5)Cc1ccc(O)c(c1)Oc1ccc(cc1)C[C@@H]3[N+](C)([O-])CC2. The van der Waals surface area contributed by atoms with E-state index in [1.807, 2.05) is 48.5 Å². The third kappa shape index (κ3) is 4.11. The normalized spacial score (nSPS) is 21.1. The second-order valence-corrected chi connectivity index (χ2v) is 11.8. The maximum absolute atomic E-state index is 14.1. The van der Waals surface area contributed by atoms with E-state index in [1.165, 1.54) is 7.11 Å². The lowest BCUT2D eigenvalue weighted by Crippen LogP contribution is -2.47. The fourth-order valence-corrected chi connectivity index (χ4v) is 6.77. The number of ether oxygens (including phenoxy) is 4. The topological polar surface area (TPSA) is 113 Å². The lowest BCUT2D eigenvalue weighted by molar-refractivity contribution is -0.894. The summed E-state index contributed by atoms with van der Waals surface area (Å²) in [6.45, 7) is 0.917. The highest BCUT2D eigenvalue weighted by molar-refractivity contribution is 6.04. The highest BCUT2D eigenvalue weighted by Gasteiger charge is 2.43. The molecule has 0 radical (unpaired) electrons. The first-order valence-corrected chi connectivity index (χ1v) is 14.5. The number of nitrogens with zero attached hydrogens (tertiary/aromatic N) is 2. The summed E-state index contributed by atoms with van der Waals surface area (Å²) >= 11 is 0. The van der Waals surface area contributed by atoms with Gasteiger partial charge in [-0.3, -0.25) is 4.99 Å². The molecule has 2 N–H and O–H groups in total. The van der Waals surface area contributed by atoms with Crippen LogP contribution in [-0.4, -0.2) is 47.8 Å². The molecule has 0 amide bonds. The summed E-state index contributed by atoms with van der Waals surface area (Å²) < 4.78 is 24.4. The molecule has 1 unspecified atom stereocenters. The second-order valence-electron chi connectivity index (χ2n) is 11.8. The Labute approximate surface area is 248 Å². The smallest absolute Gasteiger partial charge is 0.216 e. The first kappa shape index (κ1) is 25.9. The summed E-state index contributed by atoms with van der Waals surface area (Å²) in [6.07, 6.45) is 2.03. The zero-order chi connectivity index (χ0) is 29.5. The van der Waals surface area contributed by atoms with Gasteiger partial charge in [0.15, 0.2) is 34.5 Å². The van der Waals surface area contributed by atoms with Crippen molar-refractivity contribution in [1.29, 1.82) is 0 Å². The summed E-state index contributed by atoms with van der Waals surface area (Å²) in [4.78, 5) is 4.86. The molecular formula is C34H30N2O7. The minimum Gasteiger partial charge on any atom is -0.633 e. The number of quaternary nitrogens is 1. The number of fused-ring (bicyclic) bond motifs is 2. The molecule has 9 nitrogen and oxygen atoms in total. The van der Waals surface area contributed by atoms with Crippen molar-refractivity contribution in [2.75, 3.05) is 27.2 Å². The molecule has 5 aliphatic rings. The molecule has 5 heterocycles. The van der Waals surface area contributed by atoms with Gasteiger partial charge in [-0.2, -0.15) is 0 Å². The van der Waals surface area contributed by atoms with Crippen LogP contribution >= 0.6 is 0 Å². The monoisotopic (exact) mass is 578 g/mol. The number of likely N-dealkylation sites (N-methyl/N-ethyl adjacent to an activating group) is 1. The van der Waals surface area contributed by atoms with Crippen LogP contribution in [0.25, 0.3) is 0 Å². The first-order chi connectivity index (χ1) is 20.8. The van der Waals surface area contributed by atoms with Crippen molar-refractivity contribution in [1.82, 2.24) is 0 Å². The van der Waals surface area contributed by atoms with Crippen LogP contribution in [0.3, 0.4) is 0 Å². The minimum absolute atomic E-state index is 0.0211. The third-order valence-electron chi connectivity index (χ3n) is 9.05. The van der Waals surface area contributed by atoms with E-state index in [1.54, 1.807) is 13.1 Å². The molecule has 0 spiro atoms. The molecule has 0 aromatic heterocycles. The Morgan fingerprint density at radius 3 is 2.49 bits per heavy atom. The summed E-state index contributed by atoms with van der Waals surface area (Å²) in [5.41, 5.74) is 6.07. The van der Waals surface area contributed by atoms with Gasteiger partial charge in [-0.15, -0.1) is 0 Å². The van der Waals surface area contributed by atoms with Crippen molar-refractivity contribution in [3.05, 3.63) is 93.2 Å². The van der Waals surface area contributed by atoms with Crippen molar-refractivity contribution >= 4 is 5.71 Å². The van der Waals surface area contributed by atoms with Crippen LogP contribution in [-0.2, 0) is 25.7 Å². The average Bonchev–Trinajstić information content (AvgIpc) is 2.99. The lowest BCUT2D eigenvalue weighted by Gasteiger charge is -2.50. The van der Waals surface area contributed by atoms with Crippen molar-refractivity contribution in [3.63, 3.8) is 0 Å². The molecule has 9 heteroatoms. The Morgan fingerprint density at radius 1 is 0.907 bits per heavy atom. The van der Waals surface area contributed by atoms with Crippen LogP contribution in [0.2, 0.25) is 0 Å². The molecule has 2 atom stereocenters. The molecule has 4 aromatic rings. The van der Waals surface area contributed by atoms with Gasteiger partial charge in [0.1, 0.15) is 11.8 Å². The molecule has 9 rings (SSSR count). The fraction of sp³-hybridized carbons (Fsp3) is 0.265. The number of rotatable bonds is 1. The van der Waals surface area contributed by atoms with Gasteiger partial charge in [-0.1, -0.05) is 18.2 Å². The molecule has 0 saturated carbocycles.